The van der Waals surface area contributed by atoms with Crippen LogP contribution in [-0.2, 0) is 6.54 Å². The van der Waals surface area contributed by atoms with Gasteiger partial charge < -0.3 is 15.7 Å². The molecule has 1 aromatic carbocycles. The molecule has 3 N–H and O–H groups in total. The van der Waals surface area contributed by atoms with Crippen LogP contribution in [0.2, 0.25) is 0 Å². The summed E-state index contributed by atoms with van der Waals surface area (Å²) in [6.07, 6.45) is 0. The Morgan fingerprint density at radius 2 is 2.30 bits per heavy atom. The zero-order chi connectivity index (χ0) is 14.1. The van der Waals surface area contributed by atoms with Gasteiger partial charge in [0.1, 0.15) is 11.6 Å². The standard InChI is InChI=1S/C14H14FN3OS/c15-10-4-9(5-11(19)6-10)13-7-17-14(16)18(13)8-12-2-1-3-20-12/h1-6,13,19H,7-8H2,(H2,16,17). The van der Waals surface area contributed by atoms with Crippen LogP contribution in [0.15, 0.2) is 40.7 Å². The zero-order valence-electron chi connectivity index (χ0n) is 10.7. The number of benzene rings is 1. The third-order valence-corrected chi connectivity index (χ3v) is 4.15. The van der Waals surface area contributed by atoms with Gasteiger partial charge in [-0.25, -0.2) is 4.39 Å². The summed E-state index contributed by atoms with van der Waals surface area (Å²) in [4.78, 5) is 7.33. The number of aromatic hydroxyl groups is 1. The minimum absolute atomic E-state index is 0.0819. The van der Waals surface area contributed by atoms with Crippen molar-refractivity contribution >= 4 is 17.3 Å². The minimum Gasteiger partial charge on any atom is -0.508 e. The molecule has 1 aromatic heterocycles. The number of hydrogen-bond acceptors (Lipinski definition) is 5. The van der Waals surface area contributed by atoms with Crippen molar-refractivity contribution in [2.24, 2.45) is 10.7 Å². The van der Waals surface area contributed by atoms with Gasteiger partial charge in [0, 0.05) is 10.9 Å². The summed E-state index contributed by atoms with van der Waals surface area (Å²) in [6.45, 7) is 1.11. The molecular formula is C14H14FN3OS. The van der Waals surface area contributed by atoms with E-state index in [0.717, 1.165) is 10.9 Å². The van der Waals surface area contributed by atoms with E-state index >= 15 is 0 Å². The Morgan fingerprint density at radius 1 is 1.45 bits per heavy atom. The van der Waals surface area contributed by atoms with E-state index in [0.29, 0.717) is 24.6 Å². The van der Waals surface area contributed by atoms with Crippen LogP contribution in [0.3, 0.4) is 0 Å². The molecule has 2 aromatic rings. The number of guanidine groups is 1. The number of aliphatic imine (C=N–C) groups is 1. The van der Waals surface area contributed by atoms with Crippen molar-refractivity contribution in [2.75, 3.05) is 6.54 Å². The van der Waals surface area contributed by atoms with E-state index in [-0.39, 0.29) is 11.8 Å². The third kappa shape index (κ3) is 2.46. The lowest BCUT2D eigenvalue weighted by atomic mass is 10.1. The van der Waals surface area contributed by atoms with Gasteiger partial charge >= 0.3 is 0 Å². The van der Waals surface area contributed by atoms with Gasteiger partial charge in [-0.2, -0.15) is 0 Å². The second kappa shape index (κ2) is 5.13. The maximum absolute atomic E-state index is 13.4. The lowest BCUT2D eigenvalue weighted by Crippen LogP contribution is -2.35. The number of hydrogen-bond donors (Lipinski definition) is 2. The van der Waals surface area contributed by atoms with Gasteiger partial charge in [-0.15, -0.1) is 11.3 Å². The molecule has 2 heterocycles. The largest absolute Gasteiger partial charge is 0.508 e. The van der Waals surface area contributed by atoms with Crippen LogP contribution in [-0.4, -0.2) is 22.5 Å². The van der Waals surface area contributed by atoms with Crippen LogP contribution >= 0.6 is 11.3 Å². The highest BCUT2D eigenvalue weighted by Crippen LogP contribution is 2.30. The molecule has 0 saturated heterocycles. The topological polar surface area (TPSA) is 61.9 Å². The molecule has 104 valence electrons. The predicted octanol–water partition coefficient (Wildman–Crippen LogP) is 2.46. The summed E-state index contributed by atoms with van der Waals surface area (Å²) in [5.74, 6) is -0.0877. The van der Waals surface area contributed by atoms with E-state index in [2.05, 4.69) is 4.99 Å². The van der Waals surface area contributed by atoms with Gasteiger partial charge in [0.2, 0.25) is 0 Å². The van der Waals surface area contributed by atoms with Crippen LogP contribution in [0, 0.1) is 5.82 Å². The molecule has 0 spiro atoms. The SMILES string of the molecule is NC1=NCC(c2cc(O)cc(F)c2)N1Cc1cccs1. The van der Waals surface area contributed by atoms with Gasteiger partial charge in [-0.05, 0) is 29.1 Å². The van der Waals surface area contributed by atoms with Crippen molar-refractivity contribution < 1.29 is 9.50 Å². The number of phenolic OH excluding ortho intramolecular Hbond substituents is 1. The number of rotatable bonds is 3. The highest BCUT2D eigenvalue weighted by molar-refractivity contribution is 7.09. The van der Waals surface area contributed by atoms with Crippen molar-refractivity contribution in [3.8, 4) is 5.75 Å². The molecule has 6 heteroatoms. The Hall–Kier alpha value is -2.08. The molecule has 20 heavy (non-hydrogen) atoms. The van der Waals surface area contributed by atoms with Gasteiger partial charge in [0.15, 0.2) is 5.96 Å². The first-order valence-electron chi connectivity index (χ1n) is 6.22. The highest BCUT2D eigenvalue weighted by atomic mass is 32.1. The molecule has 0 radical (unpaired) electrons. The Bertz CT molecular complexity index is 622. The van der Waals surface area contributed by atoms with Gasteiger partial charge in [0.25, 0.3) is 0 Å². The fourth-order valence-electron chi connectivity index (χ4n) is 2.36. The smallest absolute Gasteiger partial charge is 0.192 e. The molecule has 1 atom stereocenters. The number of nitrogens with two attached hydrogens (primary N) is 1. The number of phenols is 1. The number of nitrogens with zero attached hydrogens (tertiary/aromatic N) is 2. The average molecular weight is 291 g/mol. The summed E-state index contributed by atoms with van der Waals surface area (Å²) in [5, 5.41) is 11.5. The van der Waals surface area contributed by atoms with Gasteiger partial charge in [-0.1, -0.05) is 6.07 Å². The lowest BCUT2D eigenvalue weighted by molar-refractivity contribution is 0.340. The van der Waals surface area contributed by atoms with Crippen LogP contribution in [0.25, 0.3) is 0 Å². The Kier molecular flexibility index (Phi) is 3.31. The summed E-state index contributed by atoms with van der Waals surface area (Å²) in [6, 6.07) is 7.93. The molecule has 0 saturated carbocycles. The van der Waals surface area contributed by atoms with E-state index in [9.17, 15) is 9.50 Å². The van der Waals surface area contributed by atoms with E-state index in [4.69, 9.17) is 5.73 Å². The molecule has 0 amide bonds. The summed E-state index contributed by atoms with van der Waals surface area (Å²) < 4.78 is 13.4. The fraction of sp³-hybridized carbons (Fsp3) is 0.214. The van der Waals surface area contributed by atoms with Gasteiger partial charge in [0.05, 0.1) is 19.1 Å². The molecule has 1 unspecified atom stereocenters. The van der Waals surface area contributed by atoms with E-state index in [1.165, 1.54) is 6.07 Å². The second-order valence-corrected chi connectivity index (χ2v) is 5.70. The van der Waals surface area contributed by atoms with E-state index < -0.39 is 5.82 Å². The normalized spacial score (nSPS) is 18.4. The second-order valence-electron chi connectivity index (χ2n) is 4.66. The van der Waals surface area contributed by atoms with Gasteiger partial charge in [-0.3, -0.25) is 4.99 Å². The monoisotopic (exact) mass is 291 g/mol. The van der Waals surface area contributed by atoms with Crippen molar-refractivity contribution in [1.82, 2.24) is 4.90 Å². The Labute approximate surface area is 120 Å². The highest BCUT2D eigenvalue weighted by Gasteiger charge is 2.28. The number of halogens is 1. The molecule has 0 aliphatic carbocycles. The van der Waals surface area contributed by atoms with Crippen LogP contribution < -0.4 is 5.73 Å². The van der Waals surface area contributed by atoms with Crippen LogP contribution in [0.5, 0.6) is 5.75 Å². The Morgan fingerprint density at radius 3 is 3.00 bits per heavy atom. The summed E-state index contributed by atoms with van der Waals surface area (Å²) in [5.41, 5.74) is 6.61. The third-order valence-electron chi connectivity index (χ3n) is 3.29. The molecular weight excluding hydrogens is 277 g/mol. The average Bonchev–Trinajstić information content (AvgIpc) is 3.00. The lowest BCUT2D eigenvalue weighted by Gasteiger charge is -2.26. The molecule has 0 bridgehead atoms. The maximum atomic E-state index is 13.4. The minimum atomic E-state index is -0.457. The van der Waals surface area contributed by atoms with E-state index in [1.54, 1.807) is 17.4 Å². The van der Waals surface area contributed by atoms with Crippen molar-refractivity contribution in [3.63, 3.8) is 0 Å². The van der Waals surface area contributed by atoms with Crippen molar-refractivity contribution in [1.29, 1.82) is 0 Å². The molecule has 3 rings (SSSR count). The summed E-state index contributed by atoms with van der Waals surface area (Å²) in [7, 11) is 0. The Balaban J connectivity index is 1.88. The quantitative estimate of drug-likeness (QED) is 0.913. The van der Waals surface area contributed by atoms with E-state index in [1.807, 2.05) is 22.4 Å². The first-order chi connectivity index (χ1) is 9.63. The van der Waals surface area contributed by atoms with Crippen LogP contribution in [0.1, 0.15) is 16.5 Å². The molecule has 1 aliphatic heterocycles. The zero-order valence-corrected chi connectivity index (χ0v) is 11.5. The predicted molar refractivity (Wildman–Crippen MR) is 77.2 cm³/mol. The molecule has 0 fully saturated rings. The first kappa shape index (κ1) is 12.9. The number of thiophene rings is 1. The van der Waals surface area contributed by atoms with Crippen molar-refractivity contribution in [2.45, 2.75) is 12.6 Å². The van der Waals surface area contributed by atoms with Crippen LogP contribution in [0.4, 0.5) is 4.39 Å². The molecule has 1 aliphatic rings. The summed E-state index contributed by atoms with van der Waals surface area (Å²) >= 11 is 1.64. The maximum Gasteiger partial charge on any atom is 0.192 e. The fourth-order valence-corrected chi connectivity index (χ4v) is 3.07. The first-order valence-corrected chi connectivity index (χ1v) is 7.10. The van der Waals surface area contributed by atoms with Crippen molar-refractivity contribution in [3.05, 3.63) is 52.0 Å². The molecule has 4 nitrogen and oxygen atoms in total.